The first-order chi connectivity index (χ1) is 3.41. The van der Waals surface area contributed by atoms with Crippen LogP contribution in [0.15, 0.2) is 0 Å². The normalized spacial score (nSPS) is 9.43. The Hall–Kier alpha value is 0.650. The summed E-state index contributed by atoms with van der Waals surface area (Å²) in [5, 5.41) is 3.02. The predicted molar refractivity (Wildman–Crippen MR) is 38.5 cm³/mol. The third-order valence-corrected chi connectivity index (χ3v) is 1.09. The highest BCUT2D eigenvalue weighted by Crippen LogP contribution is 1.86. The summed E-state index contributed by atoms with van der Waals surface area (Å²) >= 11 is 1.90. The van der Waals surface area contributed by atoms with E-state index in [0.29, 0.717) is 0 Å². The molecule has 0 amide bonds. The summed E-state index contributed by atoms with van der Waals surface area (Å²) in [5.74, 6) is 0. The van der Waals surface area contributed by atoms with Crippen molar-refractivity contribution in [2.75, 3.05) is 20.2 Å². The van der Waals surface area contributed by atoms with E-state index < -0.39 is 0 Å². The van der Waals surface area contributed by atoms with Gasteiger partial charge < -0.3 is 8.38 Å². The number of hydrogen-bond acceptors (Lipinski definition) is 2. The number of rotatable bonds is 4. The van der Waals surface area contributed by atoms with E-state index in [2.05, 4.69) is 5.32 Å². The van der Waals surface area contributed by atoms with Crippen LogP contribution in [0, 0.1) is 0 Å². The molecule has 0 fully saturated rings. The minimum absolute atomic E-state index is 0.849. The number of hydrogen-bond donors (Lipinski definition) is 1. The van der Waals surface area contributed by atoms with E-state index in [0.717, 1.165) is 19.6 Å². The molecule has 3 heteroatoms. The Morgan fingerprint density at radius 3 is 2.86 bits per heavy atom. The average Bonchev–Trinajstić information content (AvgIpc) is 1.69. The molecule has 0 unspecified atom stereocenters. The zero-order valence-electron chi connectivity index (χ0n) is 4.41. The molecule has 0 aliphatic rings. The van der Waals surface area contributed by atoms with Crippen molar-refractivity contribution < 1.29 is 3.07 Å². The van der Waals surface area contributed by atoms with Crippen molar-refractivity contribution >= 4 is 23.0 Å². The largest absolute Gasteiger partial charge is 0.320 e. The van der Waals surface area contributed by atoms with Gasteiger partial charge in [-0.15, -0.1) is 0 Å². The van der Waals surface area contributed by atoms with Gasteiger partial charge in [0.2, 0.25) is 0 Å². The van der Waals surface area contributed by atoms with Gasteiger partial charge in [-0.1, -0.05) is 0 Å². The smallest absolute Gasteiger partial charge is 0.109 e. The van der Waals surface area contributed by atoms with Crippen molar-refractivity contribution in [3.8, 4) is 0 Å². The Morgan fingerprint density at radius 1 is 1.71 bits per heavy atom. The highest BCUT2D eigenvalue weighted by Gasteiger charge is 1.79. The predicted octanol–water partition coefficient (Wildman–Crippen LogP) is 0.963. The first-order valence-corrected chi connectivity index (χ1v) is 3.18. The summed E-state index contributed by atoms with van der Waals surface area (Å²) < 4.78 is 4.77. The van der Waals surface area contributed by atoms with Gasteiger partial charge in [0.1, 0.15) is 23.0 Å². The van der Waals surface area contributed by atoms with E-state index in [1.807, 2.05) is 30.1 Å². The van der Waals surface area contributed by atoms with Crippen LogP contribution in [0.2, 0.25) is 0 Å². The molecule has 0 rings (SSSR count). The van der Waals surface area contributed by atoms with E-state index in [4.69, 9.17) is 3.07 Å². The molecule has 44 valence electrons. The van der Waals surface area contributed by atoms with Crippen molar-refractivity contribution in [1.82, 2.24) is 5.32 Å². The van der Waals surface area contributed by atoms with Gasteiger partial charge in [-0.25, -0.2) is 0 Å². The van der Waals surface area contributed by atoms with Crippen LogP contribution in [0.25, 0.3) is 0 Å². The zero-order valence-corrected chi connectivity index (χ0v) is 6.57. The van der Waals surface area contributed by atoms with Gasteiger partial charge in [-0.05, 0) is 20.0 Å². The third kappa shape index (κ3) is 6.65. The molecular weight excluding hydrogens is 205 g/mol. The molecule has 0 aliphatic heterocycles. The topological polar surface area (TPSA) is 21.3 Å². The van der Waals surface area contributed by atoms with Crippen LogP contribution in [0.1, 0.15) is 6.42 Å². The monoisotopic (exact) mass is 215 g/mol. The maximum atomic E-state index is 4.77. The quantitative estimate of drug-likeness (QED) is 0.557. The molecule has 0 aromatic carbocycles. The molecule has 0 saturated carbocycles. The van der Waals surface area contributed by atoms with E-state index >= 15 is 0 Å². The standard InChI is InChI=1S/C4H10INO/c1-6-3-2-4-7-5/h6H,2-4H2,1H3. The van der Waals surface area contributed by atoms with Crippen molar-refractivity contribution in [1.29, 1.82) is 0 Å². The Labute approximate surface area is 58.3 Å². The van der Waals surface area contributed by atoms with E-state index in [9.17, 15) is 0 Å². The minimum Gasteiger partial charge on any atom is -0.320 e. The second kappa shape index (κ2) is 6.65. The molecule has 0 spiro atoms. The first kappa shape index (κ1) is 7.65. The highest BCUT2D eigenvalue weighted by molar-refractivity contribution is 14.1. The molecular formula is C4H10INO. The maximum Gasteiger partial charge on any atom is 0.109 e. The van der Waals surface area contributed by atoms with Crippen LogP contribution >= 0.6 is 23.0 Å². The van der Waals surface area contributed by atoms with Crippen LogP contribution in [0.5, 0.6) is 0 Å². The van der Waals surface area contributed by atoms with Crippen molar-refractivity contribution in [3.05, 3.63) is 0 Å². The van der Waals surface area contributed by atoms with Gasteiger partial charge in [0.25, 0.3) is 0 Å². The van der Waals surface area contributed by atoms with Gasteiger partial charge in [-0.2, -0.15) is 0 Å². The summed E-state index contributed by atoms with van der Waals surface area (Å²) in [7, 11) is 1.94. The Morgan fingerprint density at radius 2 is 2.43 bits per heavy atom. The second-order valence-corrected chi connectivity index (χ2v) is 1.89. The molecule has 0 heterocycles. The van der Waals surface area contributed by atoms with Crippen LogP contribution < -0.4 is 5.32 Å². The van der Waals surface area contributed by atoms with Crippen LogP contribution in [-0.2, 0) is 3.07 Å². The van der Waals surface area contributed by atoms with Gasteiger partial charge >= 0.3 is 0 Å². The Kier molecular flexibility index (Phi) is 7.27. The molecule has 0 atom stereocenters. The molecule has 1 N–H and O–H groups in total. The molecule has 0 aromatic heterocycles. The van der Waals surface area contributed by atoms with Crippen LogP contribution in [-0.4, -0.2) is 20.2 Å². The lowest BCUT2D eigenvalue weighted by molar-refractivity contribution is 0.410. The van der Waals surface area contributed by atoms with Gasteiger partial charge in [0.15, 0.2) is 0 Å². The average molecular weight is 215 g/mol. The van der Waals surface area contributed by atoms with E-state index in [-0.39, 0.29) is 0 Å². The summed E-state index contributed by atoms with van der Waals surface area (Å²) in [6.45, 7) is 1.89. The summed E-state index contributed by atoms with van der Waals surface area (Å²) in [6.07, 6.45) is 1.10. The second-order valence-electron chi connectivity index (χ2n) is 1.27. The van der Waals surface area contributed by atoms with Gasteiger partial charge in [0, 0.05) is 0 Å². The molecule has 0 aliphatic carbocycles. The summed E-state index contributed by atoms with van der Waals surface area (Å²) in [6, 6.07) is 0. The zero-order chi connectivity index (χ0) is 5.54. The fraction of sp³-hybridized carbons (Fsp3) is 1.00. The van der Waals surface area contributed by atoms with E-state index in [1.54, 1.807) is 0 Å². The lowest BCUT2D eigenvalue weighted by atomic mass is 10.5. The fourth-order valence-electron chi connectivity index (χ4n) is 0.303. The summed E-state index contributed by atoms with van der Waals surface area (Å²) in [5.41, 5.74) is 0. The minimum atomic E-state index is 0.849. The molecule has 0 radical (unpaired) electrons. The number of halogens is 1. The molecule has 0 aromatic rings. The van der Waals surface area contributed by atoms with Crippen LogP contribution in [0.3, 0.4) is 0 Å². The van der Waals surface area contributed by atoms with Crippen LogP contribution in [0.4, 0.5) is 0 Å². The number of nitrogens with one attached hydrogen (secondary N) is 1. The SMILES string of the molecule is CNCCCOI. The van der Waals surface area contributed by atoms with Crippen molar-refractivity contribution in [2.45, 2.75) is 6.42 Å². The third-order valence-electron chi connectivity index (χ3n) is 0.648. The van der Waals surface area contributed by atoms with Crippen molar-refractivity contribution in [2.24, 2.45) is 0 Å². The Bertz CT molecular complexity index is 30.9. The lowest BCUT2D eigenvalue weighted by Gasteiger charge is -1.93. The summed E-state index contributed by atoms with van der Waals surface area (Å²) in [4.78, 5) is 0. The van der Waals surface area contributed by atoms with Crippen molar-refractivity contribution in [3.63, 3.8) is 0 Å². The van der Waals surface area contributed by atoms with Gasteiger partial charge in [0.05, 0.1) is 6.61 Å². The molecule has 0 saturated heterocycles. The first-order valence-electron chi connectivity index (χ1n) is 2.30. The Balaban J connectivity index is 2.45. The highest BCUT2D eigenvalue weighted by atomic mass is 127. The molecule has 2 nitrogen and oxygen atoms in total. The molecule has 7 heavy (non-hydrogen) atoms. The molecule has 0 bridgehead atoms. The lowest BCUT2D eigenvalue weighted by Crippen LogP contribution is -2.08. The van der Waals surface area contributed by atoms with E-state index in [1.165, 1.54) is 0 Å². The maximum absolute atomic E-state index is 4.77. The fourth-order valence-corrected chi connectivity index (χ4v) is 0.615. The van der Waals surface area contributed by atoms with Gasteiger partial charge in [-0.3, -0.25) is 0 Å².